The maximum atomic E-state index is 10.8. The van der Waals surface area contributed by atoms with Crippen LogP contribution in [0.25, 0.3) is 11.3 Å². The molecule has 1 aromatic heterocycles. The van der Waals surface area contributed by atoms with Gasteiger partial charge in [0, 0.05) is 6.07 Å². The van der Waals surface area contributed by atoms with Crippen molar-refractivity contribution < 1.29 is 23.9 Å². The predicted molar refractivity (Wildman–Crippen MR) is 71.6 cm³/mol. The van der Waals surface area contributed by atoms with Gasteiger partial charge in [-0.15, -0.1) is 0 Å². The maximum absolute atomic E-state index is 10.8. The molecule has 0 saturated heterocycles. The molecule has 0 radical (unpaired) electrons. The van der Waals surface area contributed by atoms with E-state index in [1.165, 1.54) is 13.2 Å². The van der Waals surface area contributed by atoms with Gasteiger partial charge in [0.05, 0.1) is 24.3 Å². The van der Waals surface area contributed by atoms with E-state index in [1.807, 2.05) is 6.92 Å². The number of aromatic carboxylic acids is 1. The van der Waals surface area contributed by atoms with E-state index in [-0.39, 0.29) is 11.5 Å². The Morgan fingerprint density at radius 1 is 1.50 bits per heavy atom. The second-order valence-electron chi connectivity index (χ2n) is 3.77. The Balaban J connectivity index is 2.60. The smallest absolute Gasteiger partial charge is 0.374 e. The molecule has 0 unspecified atom stereocenters. The molecule has 0 atom stereocenters. The van der Waals surface area contributed by atoms with E-state index in [9.17, 15) is 4.79 Å². The molecule has 106 valence electrons. The van der Waals surface area contributed by atoms with Gasteiger partial charge < -0.3 is 19.1 Å². The second kappa shape index (κ2) is 5.83. The van der Waals surface area contributed by atoms with Crippen LogP contribution >= 0.6 is 11.6 Å². The average molecular weight is 298 g/mol. The fraction of sp³-hybridized carbons (Fsp3) is 0.231. The Kier molecular flexibility index (Phi) is 4.14. The molecule has 0 bridgehead atoms. The van der Waals surface area contributed by atoms with E-state index in [0.29, 0.717) is 28.7 Å². The largest absolute Gasteiger partial charge is 0.493 e. The first-order chi connectivity index (χ1) is 9.58. The van der Waals surface area contributed by atoms with E-state index in [0.717, 1.165) is 0 Å². The molecule has 0 aliphatic rings. The number of benzene rings is 1. The van der Waals surface area contributed by atoms with E-state index >= 15 is 0 Å². The lowest BCUT2D eigenvalue weighted by atomic mass is 10.1. The van der Waals surface area contributed by atoms with Crippen molar-refractivity contribution in [2.24, 2.45) is 0 Å². The minimum absolute atomic E-state index is 0.273. The normalized spacial score (nSPS) is 10.3. The quantitative estimate of drug-likeness (QED) is 0.913. The van der Waals surface area contributed by atoms with Gasteiger partial charge in [-0.3, -0.25) is 0 Å². The van der Waals surface area contributed by atoms with Gasteiger partial charge in [0.25, 0.3) is 0 Å². The minimum atomic E-state index is -1.21. The number of halogens is 1. The Morgan fingerprint density at radius 3 is 2.80 bits per heavy atom. The Morgan fingerprint density at radius 2 is 2.25 bits per heavy atom. The van der Waals surface area contributed by atoms with Crippen molar-refractivity contribution in [1.29, 1.82) is 0 Å². The molecule has 2 rings (SSSR count). The molecule has 0 aliphatic carbocycles. The van der Waals surface area contributed by atoms with Crippen LogP contribution < -0.4 is 9.47 Å². The summed E-state index contributed by atoms with van der Waals surface area (Å²) in [4.78, 5) is 10.8. The van der Waals surface area contributed by atoms with Crippen LogP contribution in [0.4, 0.5) is 0 Å². The Labute approximate surface area is 119 Å². The Hall–Kier alpha value is -2.21. The van der Waals surface area contributed by atoms with Crippen molar-refractivity contribution in [2.45, 2.75) is 6.92 Å². The summed E-state index contributed by atoms with van der Waals surface area (Å²) in [6.45, 7) is 2.21. The van der Waals surface area contributed by atoms with Crippen molar-refractivity contribution in [3.05, 3.63) is 29.0 Å². The van der Waals surface area contributed by atoms with E-state index < -0.39 is 5.97 Å². The first kappa shape index (κ1) is 14.2. The van der Waals surface area contributed by atoms with Gasteiger partial charge >= 0.3 is 5.97 Å². The van der Waals surface area contributed by atoms with Crippen molar-refractivity contribution >= 4 is 17.6 Å². The summed E-state index contributed by atoms with van der Waals surface area (Å²) < 4.78 is 15.5. The molecule has 0 spiro atoms. The monoisotopic (exact) mass is 297 g/mol. The molecule has 2 aromatic rings. The van der Waals surface area contributed by atoms with Gasteiger partial charge in [-0.2, -0.15) is 0 Å². The topological polar surface area (TPSA) is 81.8 Å². The lowest BCUT2D eigenvalue weighted by molar-refractivity contribution is 0.0652. The lowest BCUT2D eigenvalue weighted by Crippen LogP contribution is -1.98. The number of rotatable bonds is 5. The highest BCUT2D eigenvalue weighted by atomic mass is 35.5. The minimum Gasteiger partial charge on any atom is -0.493 e. The molecule has 0 amide bonds. The number of methoxy groups -OCH3 is 1. The van der Waals surface area contributed by atoms with Gasteiger partial charge in [-0.25, -0.2) is 4.79 Å². The van der Waals surface area contributed by atoms with E-state index in [4.69, 9.17) is 30.7 Å². The van der Waals surface area contributed by atoms with Gasteiger partial charge in [0.15, 0.2) is 11.5 Å². The molecule has 0 fully saturated rings. The lowest BCUT2D eigenvalue weighted by Gasteiger charge is -2.13. The van der Waals surface area contributed by atoms with Crippen LogP contribution in [0.5, 0.6) is 11.5 Å². The van der Waals surface area contributed by atoms with Crippen LogP contribution in [0.2, 0.25) is 5.02 Å². The van der Waals surface area contributed by atoms with Crippen molar-refractivity contribution in [3.8, 4) is 22.8 Å². The standard InChI is InChI=1S/C13H12ClNO5/c1-3-19-12-9(18-2)5-4-7(14)11(12)8-6-10(13(16)17)20-15-8/h4-6H,3H2,1-2H3,(H,16,17). The molecule has 0 aliphatic heterocycles. The van der Waals surface area contributed by atoms with E-state index in [1.54, 1.807) is 12.1 Å². The average Bonchev–Trinajstić information content (AvgIpc) is 2.89. The van der Waals surface area contributed by atoms with Crippen LogP contribution in [0, 0.1) is 0 Å². The third-order valence-electron chi connectivity index (χ3n) is 2.56. The summed E-state index contributed by atoms with van der Waals surface area (Å²) in [5.41, 5.74) is 0.707. The zero-order chi connectivity index (χ0) is 14.7. The first-order valence-corrected chi connectivity index (χ1v) is 6.16. The number of carboxylic acids is 1. The summed E-state index contributed by atoms with van der Waals surface area (Å²) in [5.74, 6) is -0.610. The van der Waals surface area contributed by atoms with Gasteiger partial charge in [0.2, 0.25) is 5.76 Å². The zero-order valence-corrected chi connectivity index (χ0v) is 11.6. The second-order valence-corrected chi connectivity index (χ2v) is 4.18. The molecular formula is C13H12ClNO5. The number of carboxylic acid groups (broad SMARTS) is 1. The van der Waals surface area contributed by atoms with Crippen LogP contribution in [0.3, 0.4) is 0 Å². The van der Waals surface area contributed by atoms with Crippen LogP contribution in [0.15, 0.2) is 22.7 Å². The fourth-order valence-corrected chi connectivity index (χ4v) is 1.97. The third-order valence-corrected chi connectivity index (χ3v) is 2.87. The number of hydrogen-bond donors (Lipinski definition) is 1. The van der Waals surface area contributed by atoms with Gasteiger partial charge in [-0.1, -0.05) is 16.8 Å². The van der Waals surface area contributed by atoms with Crippen LogP contribution in [-0.2, 0) is 0 Å². The molecule has 1 heterocycles. The summed E-state index contributed by atoms with van der Waals surface area (Å²) in [5, 5.41) is 12.9. The number of nitrogens with zero attached hydrogens (tertiary/aromatic N) is 1. The molecule has 1 aromatic carbocycles. The maximum Gasteiger partial charge on any atom is 0.374 e. The summed E-state index contributed by atoms with van der Waals surface area (Å²) in [7, 11) is 1.50. The molecule has 20 heavy (non-hydrogen) atoms. The first-order valence-electron chi connectivity index (χ1n) is 5.78. The van der Waals surface area contributed by atoms with Crippen molar-refractivity contribution in [1.82, 2.24) is 5.16 Å². The summed E-state index contributed by atoms with van der Waals surface area (Å²) in [6, 6.07) is 4.56. The molecule has 6 nitrogen and oxygen atoms in total. The molecule has 1 N–H and O–H groups in total. The highest BCUT2D eigenvalue weighted by Crippen LogP contribution is 2.42. The number of hydrogen-bond acceptors (Lipinski definition) is 5. The Bertz CT molecular complexity index is 638. The van der Waals surface area contributed by atoms with Crippen molar-refractivity contribution in [3.63, 3.8) is 0 Å². The van der Waals surface area contributed by atoms with Crippen LogP contribution in [-0.4, -0.2) is 29.9 Å². The molecule has 0 saturated carbocycles. The van der Waals surface area contributed by atoms with Gasteiger partial charge in [-0.05, 0) is 19.1 Å². The summed E-state index contributed by atoms with van der Waals surface area (Å²) >= 11 is 6.15. The number of aromatic nitrogens is 1. The zero-order valence-electron chi connectivity index (χ0n) is 10.8. The third kappa shape index (κ3) is 2.55. The van der Waals surface area contributed by atoms with Crippen molar-refractivity contribution in [2.75, 3.05) is 13.7 Å². The highest BCUT2D eigenvalue weighted by molar-refractivity contribution is 6.33. The number of carbonyl (C=O) groups is 1. The predicted octanol–water partition coefficient (Wildman–Crippen LogP) is 3.10. The summed E-state index contributed by atoms with van der Waals surface area (Å²) in [6.07, 6.45) is 0. The number of ether oxygens (including phenoxy) is 2. The SMILES string of the molecule is CCOc1c(OC)ccc(Cl)c1-c1cc(C(=O)O)on1. The highest BCUT2D eigenvalue weighted by Gasteiger charge is 2.21. The fourth-order valence-electron chi connectivity index (χ4n) is 1.72. The molecule has 7 heteroatoms. The molecular weight excluding hydrogens is 286 g/mol. The van der Waals surface area contributed by atoms with Gasteiger partial charge in [0.1, 0.15) is 5.69 Å². The van der Waals surface area contributed by atoms with Crippen LogP contribution in [0.1, 0.15) is 17.5 Å². The van der Waals surface area contributed by atoms with E-state index in [2.05, 4.69) is 5.16 Å².